The molecule has 0 bridgehead atoms. The minimum atomic E-state index is -1.07. The molecule has 0 radical (unpaired) electrons. The summed E-state index contributed by atoms with van der Waals surface area (Å²) in [6.07, 6.45) is -1.68. The number of aryl methyl sites for hydroxylation is 1. The van der Waals surface area contributed by atoms with Gasteiger partial charge in [0.15, 0.2) is 0 Å². The molecule has 7 nitrogen and oxygen atoms in total. The maximum absolute atomic E-state index is 12.0. The molecule has 1 heterocycles. The minimum Gasteiger partial charge on any atom is -0.445 e. The fourth-order valence-corrected chi connectivity index (χ4v) is 2.11. The van der Waals surface area contributed by atoms with Crippen LogP contribution in [0.2, 0.25) is 0 Å². The number of aromatic nitrogens is 2. The van der Waals surface area contributed by atoms with Gasteiger partial charge >= 0.3 is 6.09 Å². The maximum Gasteiger partial charge on any atom is 0.407 e. The lowest BCUT2D eigenvalue weighted by atomic mass is 9.98. The molecule has 1 amide bonds. The fourth-order valence-electron chi connectivity index (χ4n) is 2.11. The predicted molar refractivity (Wildman–Crippen MR) is 82.4 cm³/mol. The van der Waals surface area contributed by atoms with E-state index in [1.807, 2.05) is 44.2 Å². The smallest absolute Gasteiger partial charge is 0.407 e. The van der Waals surface area contributed by atoms with E-state index in [0.29, 0.717) is 5.89 Å². The van der Waals surface area contributed by atoms with Crippen molar-refractivity contribution in [2.45, 2.75) is 39.5 Å². The third kappa shape index (κ3) is 4.79. The van der Waals surface area contributed by atoms with Gasteiger partial charge in [0, 0.05) is 6.92 Å². The Kier molecular flexibility index (Phi) is 5.70. The second-order valence-corrected chi connectivity index (χ2v) is 5.59. The Morgan fingerprint density at radius 3 is 2.61 bits per heavy atom. The lowest BCUT2D eigenvalue weighted by Crippen LogP contribution is -2.43. The topological polar surface area (TPSA) is 97.5 Å². The van der Waals surface area contributed by atoms with Gasteiger partial charge in [-0.1, -0.05) is 49.3 Å². The van der Waals surface area contributed by atoms with E-state index in [9.17, 15) is 9.90 Å². The minimum absolute atomic E-state index is 0.0481. The van der Waals surface area contributed by atoms with Gasteiger partial charge in [0.2, 0.25) is 11.7 Å². The molecule has 2 rings (SSSR count). The zero-order valence-electron chi connectivity index (χ0n) is 13.4. The summed E-state index contributed by atoms with van der Waals surface area (Å²) < 4.78 is 10.0. The van der Waals surface area contributed by atoms with E-state index in [4.69, 9.17) is 9.26 Å². The van der Waals surface area contributed by atoms with Crippen molar-refractivity contribution in [2.75, 3.05) is 0 Å². The Balaban J connectivity index is 1.94. The molecule has 0 spiro atoms. The molecule has 0 saturated carbocycles. The van der Waals surface area contributed by atoms with E-state index < -0.39 is 18.2 Å². The molecule has 23 heavy (non-hydrogen) atoms. The SMILES string of the molecule is Cc1nc(C(O)[C@@H](NC(=O)OCc2ccccc2)C(C)C)no1. The van der Waals surface area contributed by atoms with Crippen LogP contribution in [0.25, 0.3) is 0 Å². The summed E-state index contributed by atoms with van der Waals surface area (Å²) in [6.45, 7) is 5.54. The van der Waals surface area contributed by atoms with E-state index in [0.717, 1.165) is 5.56 Å². The molecule has 0 saturated heterocycles. The molecule has 1 unspecified atom stereocenters. The van der Waals surface area contributed by atoms with Crippen LogP contribution < -0.4 is 5.32 Å². The van der Waals surface area contributed by atoms with Crippen molar-refractivity contribution in [3.8, 4) is 0 Å². The Hall–Kier alpha value is -2.41. The molecule has 1 aromatic heterocycles. The highest BCUT2D eigenvalue weighted by Crippen LogP contribution is 2.19. The van der Waals surface area contributed by atoms with Gasteiger partial charge in [-0.2, -0.15) is 4.98 Å². The normalized spacial score (nSPS) is 13.6. The molecule has 0 aliphatic heterocycles. The van der Waals surface area contributed by atoms with Crippen LogP contribution in [0, 0.1) is 12.8 Å². The average molecular weight is 319 g/mol. The predicted octanol–water partition coefficient (Wildman–Crippen LogP) is 2.36. The van der Waals surface area contributed by atoms with Gasteiger partial charge < -0.3 is 19.7 Å². The van der Waals surface area contributed by atoms with Crippen molar-refractivity contribution in [1.29, 1.82) is 0 Å². The summed E-state index contributed by atoms with van der Waals surface area (Å²) in [5.41, 5.74) is 0.887. The number of rotatable bonds is 6. The molecule has 0 fully saturated rings. The highest BCUT2D eigenvalue weighted by molar-refractivity contribution is 5.67. The third-order valence-electron chi connectivity index (χ3n) is 3.36. The van der Waals surface area contributed by atoms with Gasteiger partial charge in [0.05, 0.1) is 6.04 Å². The van der Waals surface area contributed by atoms with Gasteiger partial charge in [-0.25, -0.2) is 4.79 Å². The molecular formula is C16H21N3O4. The maximum atomic E-state index is 12.0. The number of carbonyl (C=O) groups is 1. The number of carbonyl (C=O) groups excluding carboxylic acids is 1. The van der Waals surface area contributed by atoms with Crippen LogP contribution in [0.1, 0.15) is 37.2 Å². The molecule has 2 N–H and O–H groups in total. The van der Waals surface area contributed by atoms with Crippen LogP contribution in [0.5, 0.6) is 0 Å². The highest BCUT2D eigenvalue weighted by atomic mass is 16.5. The van der Waals surface area contributed by atoms with Crippen molar-refractivity contribution in [3.63, 3.8) is 0 Å². The van der Waals surface area contributed by atoms with Gasteiger partial charge in [-0.05, 0) is 11.5 Å². The lowest BCUT2D eigenvalue weighted by Gasteiger charge is -2.25. The van der Waals surface area contributed by atoms with Gasteiger partial charge in [0.25, 0.3) is 0 Å². The summed E-state index contributed by atoms with van der Waals surface area (Å²) >= 11 is 0. The number of amides is 1. The molecular weight excluding hydrogens is 298 g/mol. The van der Waals surface area contributed by atoms with Gasteiger partial charge in [0.1, 0.15) is 12.7 Å². The van der Waals surface area contributed by atoms with E-state index >= 15 is 0 Å². The standard InChI is InChI=1S/C16H21N3O4/c1-10(2)13(14(20)15-17-11(3)23-19-15)18-16(21)22-9-12-7-5-4-6-8-12/h4-8,10,13-14,20H,9H2,1-3H3,(H,18,21)/t13-,14?/m0/s1. The van der Waals surface area contributed by atoms with Crippen LogP contribution in [0.3, 0.4) is 0 Å². The molecule has 0 aliphatic carbocycles. The van der Waals surface area contributed by atoms with Crippen LogP contribution >= 0.6 is 0 Å². The Labute approximate surface area is 134 Å². The van der Waals surface area contributed by atoms with Crippen molar-refractivity contribution in [3.05, 3.63) is 47.6 Å². The number of nitrogens with zero attached hydrogens (tertiary/aromatic N) is 2. The second kappa shape index (κ2) is 7.73. The monoisotopic (exact) mass is 319 g/mol. The second-order valence-electron chi connectivity index (χ2n) is 5.59. The van der Waals surface area contributed by atoms with Crippen molar-refractivity contribution < 1.29 is 19.2 Å². The molecule has 124 valence electrons. The van der Waals surface area contributed by atoms with Crippen molar-refractivity contribution in [2.24, 2.45) is 5.92 Å². The zero-order valence-corrected chi connectivity index (χ0v) is 13.4. The Morgan fingerprint density at radius 2 is 2.04 bits per heavy atom. The molecule has 7 heteroatoms. The van der Waals surface area contributed by atoms with Crippen LogP contribution in [0.15, 0.2) is 34.9 Å². The summed E-state index contributed by atoms with van der Waals surface area (Å²) in [6, 6.07) is 8.78. The molecule has 1 aromatic carbocycles. The van der Waals surface area contributed by atoms with Gasteiger partial charge in [-0.15, -0.1) is 0 Å². The highest BCUT2D eigenvalue weighted by Gasteiger charge is 2.29. The number of hydrogen-bond donors (Lipinski definition) is 2. The first-order valence-corrected chi connectivity index (χ1v) is 7.43. The van der Waals surface area contributed by atoms with E-state index in [1.165, 1.54) is 0 Å². The quantitative estimate of drug-likeness (QED) is 0.848. The average Bonchev–Trinajstić information content (AvgIpc) is 2.97. The summed E-state index contributed by atoms with van der Waals surface area (Å²) in [7, 11) is 0. The summed E-state index contributed by atoms with van der Waals surface area (Å²) in [5.74, 6) is 0.450. The summed E-state index contributed by atoms with van der Waals surface area (Å²) in [5, 5.41) is 16.7. The first-order valence-electron chi connectivity index (χ1n) is 7.43. The van der Waals surface area contributed by atoms with Crippen molar-refractivity contribution in [1.82, 2.24) is 15.5 Å². The number of aliphatic hydroxyl groups is 1. The number of hydrogen-bond acceptors (Lipinski definition) is 6. The third-order valence-corrected chi connectivity index (χ3v) is 3.36. The van der Waals surface area contributed by atoms with Gasteiger partial charge in [-0.3, -0.25) is 0 Å². The zero-order chi connectivity index (χ0) is 16.8. The van der Waals surface area contributed by atoms with Crippen molar-refractivity contribution >= 4 is 6.09 Å². The number of alkyl carbamates (subject to hydrolysis) is 1. The largest absolute Gasteiger partial charge is 0.445 e. The number of nitrogens with one attached hydrogen (secondary N) is 1. The first-order chi connectivity index (χ1) is 11.0. The summed E-state index contributed by atoms with van der Waals surface area (Å²) in [4.78, 5) is 16.0. The molecule has 2 aromatic rings. The number of benzene rings is 1. The number of ether oxygens (including phenoxy) is 1. The molecule has 2 atom stereocenters. The Morgan fingerprint density at radius 1 is 1.35 bits per heavy atom. The van der Waals surface area contributed by atoms with Crippen LogP contribution in [-0.4, -0.2) is 27.4 Å². The Bertz CT molecular complexity index is 627. The van der Waals surface area contributed by atoms with E-state index in [2.05, 4.69) is 15.5 Å². The van der Waals surface area contributed by atoms with Crippen LogP contribution in [-0.2, 0) is 11.3 Å². The fraction of sp³-hybridized carbons (Fsp3) is 0.438. The first kappa shape index (κ1) is 17.0. The van der Waals surface area contributed by atoms with Crippen LogP contribution in [0.4, 0.5) is 4.79 Å². The molecule has 0 aliphatic rings. The lowest BCUT2D eigenvalue weighted by molar-refractivity contribution is 0.0796. The number of aliphatic hydroxyl groups excluding tert-OH is 1. The van der Waals surface area contributed by atoms with E-state index in [-0.39, 0.29) is 18.3 Å². The van der Waals surface area contributed by atoms with E-state index in [1.54, 1.807) is 6.92 Å².